The number of nitrogens with zero attached hydrogens (tertiary/aromatic N) is 2. The zero-order valence-corrected chi connectivity index (χ0v) is 8.54. The van der Waals surface area contributed by atoms with E-state index >= 15 is 0 Å². The van der Waals surface area contributed by atoms with Gasteiger partial charge in [0, 0.05) is 25.0 Å². The molecule has 0 N–H and O–H groups in total. The van der Waals surface area contributed by atoms with Crippen LogP contribution >= 0.6 is 0 Å². The summed E-state index contributed by atoms with van der Waals surface area (Å²) in [6.45, 7) is 1.79. The van der Waals surface area contributed by atoms with E-state index in [-0.39, 0.29) is 0 Å². The number of hydrogen-bond donors (Lipinski definition) is 0. The van der Waals surface area contributed by atoms with Crippen LogP contribution in [0.2, 0.25) is 0 Å². The number of anilines is 1. The van der Waals surface area contributed by atoms with Gasteiger partial charge in [0.2, 0.25) is 0 Å². The van der Waals surface area contributed by atoms with E-state index in [2.05, 4.69) is 4.98 Å². The Kier molecular flexibility index (Phi) is 1.94. The van der Waals surface area contributed by atoms with Crippen LogP contribution in [0.15, 0.2) is 18.3 Å². The van der Waals surface area contributed by atoms with E-state index in [1.807, 2.05) is 4.90 Å². The summed E-state index contributed by atoms with van der Waals surface area (Å²) in [5.74, 6) is 1.42. The molecule has 3 rings (SSSR count). The van der Waals surface area contributed by atoms with Crippen molar-refractivity contribution in [2.24, 2.45) is 11.8 Å². The van der Waals surface area contributed by atoms with Crippen molar-refractivity contribution in [3.05, 3.63) is 24.0 Å². The Hall–Kier alpha value is -1.26. The van der Waals surface area contributed by atoms with E-state index in [1.54, 1.807) is 6.07 Å². The van der Waals surface area contributed by atoms with Crippen molar-refractivity contribution in [3.8, 4) is 0 Å². The Morgan fingerprint density at radius 2 is 1.94 bits per heavy atom. The third-order valence-corrected chi connectivity index (χ3v) is 3.38. The molecule has 86 valence electrons. The van der Waals surface area contributed by atoms with E-state index in [0.717, 1.165) is 19.2 Å². The largest absolute Gasteiger partial charge is 0.433 e. The van der Waals surface area contributed by atoms with Crippen molar-refractivity contribution in [3.63, 3.8) is 0 Å². The van der Waals surface area contributed by atoms with Crippen molar-refractivity contribution < 1.29 is 13.2 Å². The summed E-state index contributed by atoms with van der Waals surface area (Å²) in [5, 5.41) is 0. The van der Waals surface area contributed by atoms with Gasteiger partial charge in [-0.15, -0.1) is 0 Å². The number of halogens is 3. The fourth-order valence-corrected chi connectivity index (χ4v) is 2.38. The first-order chi connectivity index (χ1) is 7.54. The molecule has 0 aromatic carbocycles. The van der Waals surface area contributed by atoms with Crippen LogP contribution < -0.4 is 4.90 Å². The van der Waals surface area contributed by atoms with Gasteiger partial charge in [-0.1, -0.05) is 0 Å². The Balaban J connectivity index is 1.85. The molecule has 5 heteroatoms. The van der Waals surface area contributed by atoms with Crippen molar-refractivity contribution in [1.82, 2.24) is 4.98 Å². The summed E-state index contributed by atoms with van der Waals surface area (Å²) in [4.78, 5) is 5.38. The standard InChI is InChI=1S/C11H11F3N2/c12-11(13,14)10-4-9(1-2-15-10)16-5-7-3-8(7)6-16/h1-2,4,7-8H,3,5-6H2. The van der Waals surface area contributed by atoms with E-state index in [0.29, 0.717) is 17.5 Å². The van der Waals surface area contributed by atoms with Crippen LogP contribution in [0.3, 0.4) is 0 Å². The van der Waals surface area contributed by atoms with Gasteiger partial charge in [-0.2, -0.15) is 13.2 Å². The Bertz CT molecular complexity index is 406. The predicted molar refractivity (Wildman–Crippen MR) is 53.0 cm³/mol. The summed E-state index contributed by atoms with van der Waals surface area (Å²) in [5.41, 5.74) is -0.153. The predicted octanol–water partition coefficient (Wildman–Crippen LogP) is 2.56. The van der Waals surface area contributed by atoms with Gasteiger partial charge in [0.1, 0.15) is 5.69 Å². The molecule has 2 nitrogen and oxygen atoms in total. The fourth-order valence-electron chi connectivity index (χ4n) is 2.38. The maximum Gasteiger partial charge on any atom is 0.433 e. The minimum absolute atomic E-state index is 0.648. The van der Waals surface area contributed by atoms with Crippen molar-refractivity contribution in [2.75, 3.05) is 18.0 Å². The lowest BCUT2D eigenvalue weighted by atomic mass is 10.2. The lowest BCUT2D eigenvalue weighted by Gasteiger charge is -2.20. The third-order valence-electron chi connectivity index (χ3n) is 3.38. The first-order valence-electron chi connectivity index (χ1n) is 5.32. The first kappa shape index (κ1) is 9.93. The van der Waals surface area contributed by atoms with Gasteiger partial charge in [-0.05, 0) is 30.4 Å². The van der Waals surface area contributed by atoms with E-state index in [1.165, 1.54) is 12.6 Å². The van der Waals surface area contributed by atoms with Crippen LogP contribution in [0.5, 0.6) is 0 Å². The molecule has 1 aliphatic carbocycles. The molecule has 1 aliphatic heterocycles. The van der Waals surface area contributed by atoms with Crippen molar-refractivity contribution in [2.45, 2.75) is 12.6 Å². The molecule has 2 heterocycles. The SMILES string of the molecule is FC(F)(F)c1cc(N2CC3CC3C2)ccn1. The third kappa shape index (κ3) is 1.64. The summed E-state index contributed by atoms with van der Waals surface area (Å²) < 4.78 is 37.4. The van der Waals surface area contributed by atoms with Gasteiger partial charge in [0.25, 0.3) is 0 Å². The smallest absolute Gasteiger partial charge is 0.371 e. The number of alkyl halides is 3. The van der Waals surface area contributed by atoms with Crippen LogP contribution in [0.25, 0.3) is 0 Å². The summed E-state index contributed by atoms with van der Waals surface area (Å²) >= 11 is 0. The Labute approximate surface area is 91.1 Å². The number of rotatable bonds is 1. The van der Waals surface area contributed by atoms with Crippen molar-refractivity contribution in [1.29, 1.82) is 0 Å². The highest BCUT2D eigenvalue weighted by atomic mass is 19.4. The monoisotopic (exact) mass is 228 g/mol. The highest BCUT2D eigenvalue weighted by Crippen LogP contribution is 2.46. The second-order valence-electron chi connectivity index (χ2n) is 4.56. The van der Waals surface area contributed by atoms with Crippen molar-refractivity contribution >= 4 is 5.69 Å². The van der Waals surface area contributed by atoms with Crippen LogP contribution in [-0.2, 0) is 6.18 Å². The molecule has 16 heavy (non-hydrogen) atoms. The molecular formula is C11H11F3N2. The highest BCUT2D eigenvalue weighted by Gasteiger charge is 2.45. The number of hydrogen-bond acceptors (Lipinski definition) is 2. The first-order valence-corrected chi connectivity index (χ1v) is 5.32. The molecule has 2 fully saturated rings. The maximum absolute atomic E-state index is 12.5. The van der Waals surface area contributed by atoms with Gasteiger partial charge in [-0.3, -0.25) is 4.98 Å². The van der Waals surface area contributed by atoms with Gasteiger partial charge in [-0.25, -0.2) is 0 Å². The molecule has 0 amide bonds. The molecule has 1 saturated heterocycles. The average molecular weight is 228 g/mol. The van der Waals surface area contributed by atoms with E-state index in [4.69, 9.17) is 0 Å². The zero-order valence-electron chi connectivity index (χ0n) is 8.54. The minimum atomic E-state index is -4.35. The molecule has 2 atom stereocenters. The summed E-state index contributed by atoms with van der Waals surface area (Å²) in [7, 11) is 0. The van der Waals surface area contributed by atoms with Crippen LogP contribution in [0, 0.1) is 11.8 Å². The summed E-state index contributed by atoms with van der Waals surface area (Å²) in [6, 6.07) is 2.80. The highest BCUT2D eigenvalue weighted by molar-refractivity contribution is 5.49. The van der Waals surface area contributed by atoms with Gasteiger partial charge >= 0.3 is 6.18 Å². The fraction of sp³-hybridized carbons (Fsp3) is 0.545. The van der Waals surface area contributed by atoms with E-state index < -0.39 is 11.9 Å². The molecule has 0 spiro atoms. The van der Waals surface area contributed by atoms with Gasteiger partial charge in [0.15, 0.2) is 0 Å². The van der Waals surface area contributed by atoms with Crippen LogP contribution in [-0.4, -0.2) is 18.1 Å². The average Bonchev–Trinajstić information content (AvgIpc) is 2.85. The molecule has 1 saturated carbocycles. The van der Waals surface area contributed by atoms with Gasteiger partial charge in [0.05, 0.1) is 0 Å². The second-order valence-corrected chi connectivity index (χ2v) is 4.56. The minimum Gasteiger partial charge on any atom is -0.371 e. The molecule has 1 aromatic heterocycles. The molecule has 2 unspecified atom stereocenters. The number of piperidine rings is 1. The van der Waals surface area contributed by atoms with E-state index in [9.17, 15) is 13.2 Å². The maximum atomic E-state index is 12.5. The Morgan fingerprint density at radius 3 is 2.56 bits per heavy atom. The second kappa shape index (κ2) is 3.12. The lowest BCUT2D eigenvalue weighted by molar-refractivity contribution is -0.141. The summed E-state index contributed by atoms with van der Waals surface area (Å²) in [6.07, 6.45) is -1.87. The molecule has 0 radical (unpaired) electrons. The topological polar surface area (TPSA) is 16.1 Å². The van der Waals surface area contributed by atoms with Crippen LogP contribution in [0.4, 0.5) is 18.9 Å². The quantitative estimate of drug-likeness (QED) is 0.734. The molecule has 2 aliphatic rings. The molecule has 0 bridgehead atoms. The molecule has 1 aromatic rings. The van der Waals surface area contributed by atoms with Gasteiger partial charge < -0.3 is 4.90 Å². The lowest BCUT2D eigenvalue weighted by Crippen LogP contribution is -2.22. The molecular weight excluding hydrogens is 217 g/mol. The van der Waals surface area contributed by atoms with Crippen LogP contribution in [0.1, 0.15) is 12.1 Å². The zero-order chi connectivity index (χ0) is 11.3. The Morgan fingerprint density at radius 1 is 1.25 bits per heavy atom. The number of fused-ring (bicyclic) bond motifs is 1. The number of aromatic nitrogens is 1. The normalized spacial score (nSPS) is 28.1. The number of pyridine rings is 1.